The number of anilines is 1. The summed E-state index contributed by atoms with van der Waals surface area (Å²) in [6.07, 6.45) is 0.923. The zero-order valence-corrected chi connectivity index (χ0v) is 36.7. The second kappa shape index (κ2) is 17.1. The number of carbonyl (C=O) groups excluding carboxylic acids is 3. The van der Waals surface area contributed by atoms with Crippen LogP contribution in [-0.2, 0) is 29.8 Å². The van der Waals surface area contributed by atoms with Crippen molar-refractivity contribution >= 4 is 44.8 Å². The summed E-state index contributed by atoms with van der Waals surface area (Å²) in [5, 5.41) is 7.70. The minimum Gasteiger partial charge on any atom is -0.444 e. The Labute approximate surface area is 348 Å². The second-order valence-corrected chi connectivity index (χ2v) is 20.2. The first-order valence-electron chi connectivity index (χ1n) is 19.8. The van der Waals surface area contributed by atoms with Crippen LogP contribution in [0.1, 0.15) is 125 Å². The van der Waals surface area contributed by atoms with Crippen molar-refractivity contribution in [2.45, 2.75) is 147 Å². The average molecular weight is 858 g/mol. The summed E-state index contributed by atoms with van der Waals surface area (Å²) in [6.45, 7) is 18.6. The molecule has 326 valence electrons. The van der Waals surface area contributed by atoms with E-state index in [1.165, 1.54) is 18.3 Å². The molecule has 0 bridgehead atoms. The lowest BCUT2D eigenvalue weighted by molar-refractivity contribution is 0.0425. The highest BCUT2D eigenvalue weighted by atomic mass is 32.2. The maximum atomic E-state index is 16.6. The number of benzene rings is 2. The molecule has 0 aliphatic heterocycles. The van der Waals surface area contributed by atoms with Gasteiger partial charge in [-0.3, -0.25) is 4.68 Å². The number of aromatic nitrogens is 3. The topological polar surface area (TPSA) is 159 Å². The van der Waals surface area contributed by atoms with E-state index in [1.807, 2.05) is 13.8 Å². The minimum atomic E-state index is -4.46. The van der Waals surface area contributed by atoms with Crippen LogP contribution >= 0.6 is 0 Å². The fourth-order valence-electron chi connectivity index (χ4n) is 6.95. The first-order chi connectivity index (χ1) is 27.7. The number of pyridine rings is 1. The molecule has 2 aromatic carbocycles. The molecule has 3 amide bonds. The van der Waals surface area contributed by atoms with Crippen molar-refractivity contribution in [1.82, 2.24) is 20.1 Å². The Morgan fingerprint density at radius 3 is 1.93 bits per heavy atom. The number of nitrogens with zero attached hydrogens (tertiary/aromatic N) is 4. The molecular formula is C43H54F3N5O8S. The second-order valence-electron chi connectivity index (χ2n) is 18.3. The lowest BCUT2D eigenvalue weighted by atomic mass is 9.81. The maximum Gasteiger partial charge on any atom is 0.425 e. The van der Waals surface area contributed by atoms with E-state index < -0.39 is 90.2 Å². The Bertz CT molecular complexity index is 2360. The molecule has 0 radical (unpaired) electrons. The van der Waals surface area contributed by atoms with Crippen LogP contribution in [0.25, 0.3) is 22.2 Å². The van der Waals surface area contributed by atoms with Crippen LogP contribution in [0, 0.1) is 17.5 Å². The summed E-state index contributed by atoms with van der Waals surface area (Å²) >= 11 is 0. The molecule has 1 fully saturated rings. The monoisotopic (exact) mass is 857 g/mol. The smallest absolute Gasteiger partial charge is 0.425 e. The summed E-state index contributed by atoms with van der Waals surface area (Å²) < 4.78 is 91.9. The molecule has 1 N–H and O–H groups in total. The van der Waals surface area contributed by atoms with E-state index in [2.05, 4.69) is 10.3 Å². The number of halogens is 3. The minimum absolute atomic E-state index is 0.00282. The number of nitrogens with one attached hydrogen (secondary N) is 1. The summed E-state index contributed by atoms with van der Waals surface area (Å²) in [5.74, 6) is -4.83. The predicted octanol–water partition coefficient (Wildman–Crippen LogP) is 10.3. The van der Waals surface area contributed by atoms with Gasteiger partial charge in [0.05, 0.1) is 16.7 Å². The van der Waals surface area contributed by atoms with Crippen molar-refractivity contribution in [2.75, 3.05) is 4.90 Å². The standard InChI is InChI=1S/C43H54F3N5O8S/c1-24(2)51-36-29(25-16-18-27(19-17-25)48-38(52)57-41(3,4)5)22-47-37(50(39(53)58-42(6,7)8)40(54)59-43(9,10)11)34(36)35(49-51)28-21-31(45)26(20-32(28)46)23-60(55,56)33-15-13-12-14-30(33)44/h12-15,20-22,24-25,27H,16-19,23H2,1-11H3,(H,48,52). The quantitative estimate of drug-likeness (QED) is 0.169. The first-order valence-corrected chi connectivity index (χ1v) is 21.4. The van der Waals surface area contributed by atoms with Crippen LogP contribution in [-0.4, -0.2) is 64.3 Å². The maximum absolute atomic E-state index is 16.6. The number of amides is 3. The molecule has 13 nitrogen and oxygen atoms in total. The SMILES string of the molecule is CC(C)n1nc(-c2cc(F)c(CS(=O)(=O)c3ccccc3F)cc2F)c2c(N(C(=O)OC(C)(C)C)C(=O)OC(C)(C)C)ncc(C3CCC(NC(=O)OC(C)(C)C)CC3)c21. The van der Waals surface area contributed by atoms with E-state index in [0.717, 1.165) is 18.2 Å². The predicted molar refractivity (Wildman–Crippen MR) is 220 cm³/mol. The third-order valence-electron chi connectivity index (χ3n) is 9.38. The fourth-order valence-corrected chi connectivity index (χ4v) is 8.39. The molecule has 0 unspecified atom stereocenters. The average Bonchev–Trinajstić information content (AvgIpc) is 3.49. The molecule has 0 atom stereocenters. The van der Waals surface area contributed by atoms with Gasteiger partial charge in [-0.1, -0.05) is 12.1 Å². The van der Waals surface area contributed by atoms with Crippen molar-refractivity contribution in [3.05, 3.63) is 71.2 Å². The van der Waals surface area contributed by atoms with Crippen molar-refractivity contribution in [3.8, 4) is 11.3 Å². The first kappa shape index (κ1) is 45.9. The lowest BCUT2D eigenvalue weighted by Crippen LogP contribution is -2.44. The van der Waals surface area contributed by atoms with Crippen LogP contribution in [0.3, 0.4) is 0 Å². The summed E-state index contributed by atoms with van der Waals surface area (Å²) in [4.78, 5) is 45.2. The van der Waals surface area contributed by atoms with Gasteiger partial charge in [0.2, 0.25) is 0 Å². The number of sulfone groups is 1. The highest BCUT2D eigenvalue weighted by Crippen LogP contribution is 2.44. The molecule has 5 rings (SSSR count). The van der Waals surface area contributed by atoms with Gasteiger partial charge in [0, 0.05) is 29.4 Å². The summed E-state index contributed by atoms with van der Waals surface area (Å²) in [7, 11) is -4.46. The molecule has 1 aliphatic carbocycles. The highest BCUT2D eigenvalue weighted by Gasteiger charge is 2.39. The Kier molecular flexibility index (Phi) is 13.0. The molecule has 60 heavy (non-hydrogen) atoms. The number of carbonyl (C=O) groups is 3. The molecule has 4 aromatic rings. The zero-order chi connectivity index (χ0) is 44.7. The normalized spacial score (nSPS) is 16.4. The van der Waals surface area contributed by atoms with Gasteiger partial charge in [0.15, 0.2) is 15.7 Å². The molecule has 0 spiro atoms. The van der Waals surface area contributed by atoms with Crippen molar-refractivity contribution in [3.63, 3.8) is 0 Å². The Morgan fingerprint density at radius 1 is 0.833 bits per heavy atom. The molecule has 1 saturated carbocycles. The highest BCUT2D eigenvalue weighted by molar-refractivity contribution is 7.90. The fraction of sp³-hybridized carbons (Fsp3) is 0.512. The van der Waals surface area contributed by atoms with E-state index in [4.69, 9.17) is 19.3 Å². The molecule has 0 saturated heterocycles. The van der Waals surface area contributed by atoms with Crippen LogP contribution in [0.15, 0.2) is 47.5 Å². The Morgan fingerprint density at radius 2 is 1.40 bits per heavy atom. The van der Waals surface area contributed by atoms with Crippen LogP contribution in [0.5, 0.6) is 0 Å². The summed E-state index contributed by atoms with van der Waals surface area (Å²) in [6, 6.07) is 5.49. The summed E-state index contributed by atoms with van der Waals surface area (Å²) in [5.41, 5.74) is -3.06. The van der Waals surface area contributed by atoms with Gasteiger partial charge in [0.1, 0.15) is 44.8 Å². The van der Waals surface area contributed by atoms with Gasteiger partial charge in [-0.15, -0.1) is 0 Å². The van der Waals surface area contributed by atoms with Crippen LogP contribution < -0.4 is 10.2 Å². The van der Waals surface area contributed by atoms with E-state index in [9.17, 15) is 27.2 Å². The van der Waals surface area contributed by atoms with Gasteiger partial charge in [-0.2, -0.15) is 10.00 Å². The van der Waals surface area contributed by atoms with Crippen LogP contribution in [0.2, 0.25) is 0 Å². The van der Waals surface area contributed by atoms with Gasteiger partial charge in [-0.05, 0) is 138 Å². The number of hydrogen-bond donors (Lipinski definition) is 1. The third kappa shape index (κ3) is 10.8. The molecule has 2 heterocycles. The number of fused-ring (bicyclic) bond motifs is 1. The van der Waals surface area contributed by atoms with Gasteiger partial charge in [-0.25, -0.2) is 41.0 Å². The van der Waals surface area contributed by atoms with Gasteiger partial charge >= 0.3 is 18.3 Å². The third-order valence-corrected chi connectivity index (χ3v) is 11.1. The van der Waals surface area contributed by atoms with Gasteiger partial charge in [0.25, 0.3) is 0 Å². The Hall–Kier alpha value is -5.19. The number of ether oxygens (including phenoxy) is 3. The molecular weight excluding hydrogens is 804 g/mol. The van der Waals surface area contributed by atoms with E-state index in [-0.39, 0.29) is 28.9 Å². The van der Waals surface area contributed by atoms with Gasteiger partial charge < -0.3 is 19.5 Å². The number of rotatable bonds is 8. The van der Waals surface area contributed by atoms with Crippen molar-refractivity contribution < 1.29 is 50.2 Å². The Balaban J connectivity index is 1.72. The zero-order valence-electron chi connectivity index (χ0n) is 35.9. The van der Waals surface area contributed by atoms with Crippen molar-refractivity contribution in [2.24, 2.45) is 0 Å². The molecule has 1 aliphatic rings. The van der Waals surface area contributed by atoms with E-state index >= 15 is 8.78 Å². The largest absolute Gasteiger partial charge is 0.444 e. The van der Waals surface area contributed by atoms with Crippen LogP contribution in [0.4, 0.5) is 33.4 Å². The number of imide groups is 1. The number of alkyl carbamates (subject to hydrolysis) is 1. The molecule has 2 aromatic heterocycles. The lowest BCUT2D eigenvalue weighted by Gasteiger charge is -2.31. The molecule has 17 heteroatoms. The van der Waals surface area contributed by atoms with E-state index in [0.29, 0.717) is 47.7 Å². The van der Waals surface area contributed by atoms with Crippen molar-refractivity contribution in [1.29, 1.82) is 0 Å². The number of hydrogen-bond acceptors (Lipinski definition) is 10. The van der Waals surface area contributed by atoms with E-state index in [1.54, 1.807) is 67.0 Å².